The van der Waals surface area contributed by atoms with E-state index in [-0.39, 0.29) is 5.75 Å². The van der Waals surface area contributed by atoms with Crippen molar-refractivity contribution in [2.24, 2.45) is 5.73 Å². The van der Waals surface area contributed by atoms with Crippen LogP contribution in [0, 0.1) is 0 Å². The summed E-state index contributed by atoms with van der Waals surface area (Å²) < 4.78 is 23.2. The van der Waals surface area contributed by atoms with Gasteiger partial charge < -0.3 is 5.73 Å². The van der Waals surface area contributed by atoms with E-state index in [0.29, 0.717) is 19.5 Å². The summed E-state index contributed by atoms with van der Waals surface area (Å²) in [6.45, 7) is 0.862. The summed E-state index contributed by atoms with van der Waals surface area (Å²) in [5, 5.41) is 7.63. The molecule has 0 aliphatic heterocycles. The highest BCUT2D eigenvalue weighted by atomic mass is 32.2. The Kier molecular flexibility index (Phi) is 3.59. The van der Waals surface area contributed by atoms with Gasteiger partial charge >= 0.3 is 0 Å². The predicted octanol–water partition coefficient (Wildman–Crippen LogP) is -1.18. The topological polar surface area (TPSA) is 90.9 Å². The Morgan fingerprint density at radius 1 is 1.57 bits per heavy atom. The smallest absolute Gasteiger partial charge is 0.149 e. The van der Waals surface area contributed by atoms with Gasteiger partial charge in [0.05, 0.1) is 18.0 Å². The van der Waals surface area contributed by atoms with E-state index in [1.165, 1.54) is 10.9 Å². The Morgan fingerprint density at radius 2 is 2.29 bits per heavy atom. The number of sulfone groups is 1. The first kappa shape index (κ1) is 11.1. The van der Waals surface area contributed by atoms with Crippen LogP contribution in [-0.4, -0.2) is 42.0 Å². The van der Waals surface area contributed by atoms with Crippen molar-refractivity contribution >= 4 is 9.84 Å². The van der Waals surface area contributed by atoms with Gasteiger partial charge in [-0.2, -0.15) is 0 Å². The maximum absolute atomic E-state index is 10.9. The van der Waals surface area contributed by atoms with E-state index in [9.17, 15) is 8.42 Å². The molecule has 0 aromatic carbocycles. The number of aryl methyl sites for hydroxylation is 1. The first-order chi connectivity index (χ1) is 6.51. The number of nitrogens with zero attached hydrogens (tertiary/aromatic N) is 3. The maximum atomic E-state index is 10.9. The van der Waals surface area contributed by atoms with Crippen molar-refractivity contribution < 1.29 is 8.42 Å². The van der Waals surface area contributed by atoms with Crippen LogP contribution >= 0.6 is 0 Å². The second-order valence-corrected chi connectivity index (χ2v) is 5.40. The van der Waals surface area contributed by atoms with Crippen molar-refractivity contribution in [3.63, 3.8) is 0 Å². The van der Waals surface area contributed by atoms with Crippen molar-refractivity contribution in [1.82, 2.24) is 15.0 Å². The molecule has 6 nitrogen and oxygen atoms in total. The third-order valence-corrected chi connectivity index (χ3v) is 2.60. The summed E-state index contributed by atoms with van der Waals surface area (Å²) in [5.74, 6) is 0.0818. The molecule has 0 radical (unpaired) electrons. The normalized spacial score (nSPS) is 11.9. The minimum absolute atomic E-state index is 0.0818. The SMILES string of the molecule is CS(=O)(=O)CCn1cc(CCN)nn1. The molecule has 0 amide bonds. The van der Waals surface area contributed by atoms with E-state index < -0.39 is 9.84 Å². The lowest BCUT2D eigenvalue weighted by molar-refractivity contribution is 0.579. The molecule has 0 unspecified atom stereocenters. The standard InChI is InChI=1S/C7H14N4O2S/c1-14(12,13)5-4-11-6-7(2-3-8)9-10-11/h6H,2-5,8H2,1H3. The highest BCUT2D eigenvalue weighted by molar-refractivity contribution is 7.90. The number of hydrogen-bond donors (Lipinski definition) is 1. The van der Waals surface area contributed by atoms with E-state index in [4.69, 9.17) is 5.73 Å². The summed E-state index contributed by atoms with van der Waals surface area (Å²) in [5.41, 5.74) is 6.13. The fraction of sp³-hybridized carbons (Fsp3) is 0.714. The van der Waals surface area contributed by atoms with E-state index in [1.54, 1.807) is 6.20 Å². The molecular weight excluding hydrogens is 204 g/mol. The van der Waals surface area contributed by atoms with Gasteiger partial charge in [-0.25, -0.2) is 8.42 Å². The monoisotopic (exact) mass is 218 g/mol. The van der Waals surface area contributed by atoms with Crippen LogP contribution in [-0.2, 0) is 22.8 Å². The number of hydrogen-bond acceptors (Lipinski definition) is 5. The van der Waals surface area contributed by atoms with Crippen molar-refractivity contribution in [3.05, 3.63) is 11.9 Å². The molecule has 0 aliphatic rings. The van der Waals surface area contributed by atoms with Gasteiger partial charge in [0.1, 0.15) is 9.84 Å². The van der Waals surface area contributed by atoms with Gasteiger partial charge in [-0.1, -0.05) is 5.21 Å². The van der Waals surface area contributed by atoms with Gasteiger partial charge in [0.2, 0.25) is 0 Å². The Hall–Kier alpha value is -0.950. The van der Waals surface area contributed by atoms with E-state index in [2.05, 4.69) is 10.3 Å². The zero-order chi connectivity index (χ0) is 10.6. The summed E-state index contributed by atoms with van der Waals surface area (Å²) in [6.07, 6.45) is 3.58. The maximum Gasteiger partial charge on any atom is 0.149 e. The van der Waals surface area contributed by atoms with Crippen LogP contribution in [0.4, 0.5) is 0 Å². The van der Waals surface area contributed by atoms with Crippen LogP contribution in [0.25, 0.3) is 0 Å². The van der Waals surface area contributed by atoms with Crippen LogP contribution in [0.3, 0.4) is 0 Å². The molecule has 1 aromatic rings. The second kappa shape index (κ2) is 4.52. The van der Waals surface area contributed by atoms with Crippen LogP contribution in [0.15, 0.2) is 6.20 Å². The first-order valence-electron chi connectivity index (χ1n) is 4.28. The largest absolute Gasteiger partial charge is 0.330 e. The van der Waals surface area contributed by atoms with Gasteiger partial charge in [0.15, 0.2) is 0 Å². The van der Waals surface area contributed by atoms with Crippen molar-refractivity contribution in [3.8, 4) is 0 Å². The average molecular weight is 218 g/mol. The predicted molar refractivity (Wildman–Crippen MR) is 52.5 cm³/mol. The molecule has 0 aliphatic carbocycles. The lowest BCUT2D eigenvalue weighted by Crippen LogP contribution is -2.11. The molecule has 14 heavy (non-hydrogen) atoms. The van der Waals surface area contributed by atoms with Crippen molar-refractivity contribution in [2.75, 3.05) is 18.6 Å². The van der Waals surface area contributed by atoms with E-state index in [1.807, 2.05) is 0 Å². The van der Waals surface area contributed by atoms with Crippen LogP contribution < -0.4 is 5.73 Å². The molecule has 0 spiro atoms. The summed E-state index contributed by atoms with van der Waals surface area (Å²) in [4.78, 5) is 0. The van der Waals surface area contributed by atoms with Gasteiger partial charge in [-0.15, -0.1) is 5.10 Å². The Labute approximate surface area is 83.0 Å². The van der Waals surface area contributed by atoms with Crippen LogP contribution in [0.2, 0.25) is 0 Å². The van der Waals surface area contributed by atoms with Gasteiger partial charge in [-0.3, -0.25) is 4.68 Å². The van der Waals surface area contributed by atoms with Gasteiger partial charge in [-0.05, 0) is 6.54 Å². The molecule has 0 atom stereocenters. The average Bonchev–Trinajstić information content (AvgIpc) is 2.49. The lowest BCUT2D eigenvalue weighted by Gasteiger charge is -1.97. The minimum atomic E-state index is -2.94. The first-order valence-corrected chi connectivity index (χ1v) is 6.34. The molecular formula is C7H14N4O2S. The summed E-state index contributed by atoms with van der Waals surface area (Å²) >= 11 is 0. The van der Waals surface area contributed by atoms with Crippen LogP contribution in [0.1, 0.15) is 5.69 Å². The van der Waals surface area contributed by atoms with Crippen LogP contribution in [0.5, 0.6) is 0 Å². The number of rotatable bonds is 5. The fourth-order valence-electron chi connectivity index (χ4n) is 0.970. The molecule has 80 valence electrons. The molecule has 7 heteroatoms. The fourth-order valence-corrected chi connectivity index (χ4v) is 1.49. The molecule has 0 saturated heterocycles. The summed E-state index contributed by atoms with van der Waals surface area (Å²) in [6, 6.07) is 0. The molecule has 0 fully saturated rings. The highest BCUT2D eigenvalue weighted by Gasteiger charge is 2.04. The molecule has 1 rings (SSSR count). The Bertz CT molecular complexity index is 384. The Balaban J connectivity index is 2.52. The van der Waals surface area contributed by atoms with Gasteiger partial charge in [0.25, 0.3) is 0 Å². The minimum Gasteiger partial charge on any atom is -0.330 e. The zero-order valence-electron chi connectivity index (χ0n) is 8.05. The molecule has 2 N–H and O–H groups in total. The number of nitrogens with two attached hydrogens (primary N) is 1. The van der Waals surface area contributed by atoms with Crippen molar-refractivity contribution in [2.45, 2.75) is 13.0 Å². The summed E-state index contributed by atoms with van der Waals surface area (Å²) in [7, 11) is -2.94. The second-order valence-electron chi connectivity index (χ2n) is 3.14. The third kappa shape index (κ3) is 3.84. The quantitative estimate of drug-likeness (QED) is 0.672. The zero-order valence-corrected chi connectivity index (χ0v) is 8.87. The molecule has 1 heterocycles. The van der Waals surface area contributed by atoms with Crippen molar-refractivity contribution in [1.29, 1.82) is 0 Å². The molecule has 1 aromatic heterocycles. The lowest BCUT2D eigenvalue weighted by atomic mass is 10.3. The third-order valence-electron chi connectivity index (χ3n) is 1.68. The Morgan fingerprint density at radius 3 is 2.86 bits per heavy atom. The van der Waals surface area contributed by atoms with E-state index in [0.717, 1.165) is 5.69 Å². The molecule has 0 saturated carbocycles. The highest BCUT2D eigenvalue weighted by Crippen LogP contribution is 1.94. The van der Waals surface area contributed by atoms with Gasteiger partial charge in [0, 0.05) is 18.9 Å². The number of aromatic nitrogens is 3. The van der Waals surface area contributed by atoms with E-state index >= 15 is 0 Å². The molecule has 0 bridgehead atoms.